The maximum Gasteiger partial charge on any atom is 0.293 e. The molecule has 2 N–H and O–H groups in total. The largest absolute Gasteiger partial charge is 0.371 e. The lowest BCUT2D eigenvalue weighted by molar-refractivity contribution is -0.385. The number of carbonyl (C=O) groups is 2. The third kappa shape index (κ3) is 6.32. The maximum absolute atomic E-state index is 13.2. The molecule has 0 radical (unpaired) electrons. The SMILES string of the molecule is O=C(Nc1ccccc1NC(=O)c1ccc(N2CCCCC2)cc1[N+](=O)[O-])c1ccc(N2CCCCC2)c([N+](=O)[O-])c1. The van der Waals surface area contributed by atoms with Gasteiger partial charge in [-0.05, 0) is 74.9 Å². The summed E-state index contributed by atoms with van der Waals surface area (Å²) < 4.78 is 0. The van der Waals surface area contributed by atoms with Crippen LogP contribution in [-0.2, 0) is 0 Å². The van der Waals surface area contributed by atoms with Crippen LogP contribution in [0.15, 0.2) is 60.7 Å². The Bertz CT molecular complexity index is 1510. The Morgan fingerprint density at radius 2 is 1.21 bits per heavy atom. The summed E-state index contributed by atoms with van der Waals surface area (Å²) in [6, 6.07) is 15.4. The minimum atomic E-state index is -0.699. The molecule has 2 heterocycles. The maximum atomic E-state index is 13.2. The number of nitro benzene ring substituents is 2. The van der Waals surface area contributed by atoms with E-state index in [0.717, 1.165) is 64.7 Å². The van der Waals surface area contributed by atoms with E-state index in [-0.39, 0.29) is 33.9 Å². The summed E-state index contributed by atoms with van der Waals surface area (Å²) in [5.41, 5.74) is 1.18. The molecule has 0 atom stereocenters. The van der Waals surface area contributed by atoms with E-state index in [1.165, 1.54) is 18.2 Å². The first-order valence-corrected chi connectivity index (χ1v) is 14.1. The van der Waals surface area contributed by atoms with Gasteiger partial charge < -0.3 is 20.4 Å². The van der Waals surface area contributed by atoms with Gasteiger partial charge in [-0.3, -0.25) is 29.8 Å². The minimum absolute atomic E-state index is 0.0903. The number of rotatable bonds is 8. The van der Waals surface area contributed by atoms with Gasteiger partial charge in [-0.15, -0.1) is 0 Å². The molecule has 0 aromatic heterocycles. The van der Waals surface area contributed by atoms with Gasteiger partial charge in [0.25, 0.3) is 23.2 Å². The van der Waals surface area contributed by atoms with Gasteiger partial charge in [0.1, 0.15) is 11.3 Å². The highest BCUT2D eigenvalue weighted by molar-refractivity contribution is 6.11. The molecule has 218 valence electrons. The first kappa shape index (κ1) is 28.5. The topological polar surface area (TPSA) is 151 Å². The predicted molar refractivity (Wildman–Crippen MR) is 161 cm³/mol. The average Bonchev–Trinajstić information content (AvgIpc) is 3.02. The Morgan fingerprint density at radius 1 is 0.643 bits per heavy atom. The molecule has 2 saturated heterocycles. The van der Waals surface area contributed by atoms with Crippen molar-refractivity contribution in [2.75, 3.05) is 46.6 Å². The summed E-state index contributed by atoms with van der Waals surface area (Å²) in [4.78, 5) is 53.1. The van der Waals surface area contributed by atoms with Crippen molar-refractivity contribution < 1.29 is 19.4 Å². The van der Waals surface area contributed by atoms with Crippen LogP contribution in [0.25, 0.3) is 0 Å². The van der Waals surface area contributed by atoms with Crippen molar-refractivity contribution in [3.05, 3.63) is 92.0 Å². The highest BCUT2D eigenvalue weighted by atomic mass is 16.6. The lowest BCUT2D eigenvalue weighted by Crippen LogP contribution is -2.30. The van der Waals surface area contributed by atoms with Gasteiger partial charge in [0.05, 0.1) is 21.2 Å². The van der Waals surface area contributed by atoms with Crippen LogP contribution in [0, 0.1) is 20.2 Å². The van der Waals surface area contributed by atoms with Gasteiger partial charge in [0.2, 0.25) is 0 Å². The summed E-state index contributed by atoms with van der Waals surface area (Å²) in [7, 11) is 0. The molecule has 0 saturated carbocycles. The van der Waals surface area contributed by atoms with Crippen molar-refractivity contribution in [3.8, 4) is 0 Å². The molecule has 3 aromatic rings. The first-order chi connectivity index (χ1) is 20.3. The third-order valence-corrected chi connectivity index (χ3v) is 7.70. The molecular formula is C30H32N6O6. The summed E-state index contributed by atoms with van der Waals surface area (Å²) in [5, 5.41) is 29.1. The Kier molecular flexibility index (Phi) is 8.60. The zero-order valence-corrected chi connectivity index (χ0v) is 23.1. The van der Waals surface area contributed by atoms with Crippen LogP contribution in [0.3, 0.4) is 0 Å². The Balaban J connectivity index is 1.35. The molecule has 2 aliphatic rings. The molecular weight excluding hydrogens is 540 g/mol. The van der Waals surface area contributed by atoms with Gasteiger partial charge in [-0.1, -0.05) is 12.1 Å². The molecule has 0 spiro atoms. The van der Waals surface area contributed by atoms with Crippen molar-refractivity contribution >= 4 is 45.9 Å². The molecule has 5 rings (SSSR count). The zero-order valence-electron chi connectivity index (χ0n) is 23.1. The fourth-order valence-corrected chi connectivity index (χ4v) is 5.51. The Hall–Kier alpha value is -5.00. The minimum Gasteiger partial charge on any atom is -0.371 e. The van der Waals surface area contributed by atoms with Gasteiger partial charge in [-0.2, -0.15) is 0 Å². The summed E-state index contributed by atoms with van der Waals surface area (Å²) in [5.74, 6) is -1.29. The van der Waals surface area contributed by atoms with E-state index in [0.29, 0.717) is 11.4 Å². The standard InChI is InChI=1S/C30H32N6O6/c37-29(21-11-14-26(28(19-21)36(41)42)34-17-7-2-8-18-34)31-24-9-3-4-10-25(24)32-30(38)23-13-12-22(20-27(23)35(39)40)33-15-5-1-6-16-33/h3-4,9-14,19-20H,1-2,5-8,15-18H2,(H,31,37)(H,32,38). The van der Waals surface area contributed by atoms with Gasteiger partial charge in [-0.25, -0.2) is 0 Å². The van der Waals surface area contributed by atoms with E-state index in [9.17, 15) is 29.8 Å². The monoisotopic (exact) mass is 572 g/mol. The zero-order chi connectivity index (χ0) is 29.6. The normalized spacial score (nSPS) is 15.1. The number of piperidine rings is 2. The van der Waals surface area contributed by atoms with Crippen LogP contribution >= 0.6 is 0 Å². The Labute approximate surface area is 242 Å². The van der Waals surface area contributed by atoms with Crippen molar-refractivity contribution in [3.63, 3.8) is 0 Å². The summed E-state index contributed by atoms with van der Waals surface area (Å²) in [6.07, 6.45) is 6.12. The molecule has 0 bridgehead atoms. The number of carbonyl (C=O) groups excluding carboxylic acids is 2. The van der Waals surface area contributed by atoms with E-state index in [1.54, 1.807) is 42.5 Å². The number of amides is 2. The van der Waals surface area contributed by atoms with Crippen molar-refractivity contribution in [1.82, 2.24) is 0 Å². The van der Waals surface area contributed by atoms with Gasteiger partial charge >= 0.3 is 0 Å². The van der Waals surface area contributed by atoms with Crippen LogP contribution in [0.5, 0.6) is 0 Å². The fraction of sp³-hybridized carbons (Fsp3) is 0.333. The molecule has 12 nitrogen and oxygen atoms in total. The molecule has 2 fully saturated rings. The van der Waals surface area contributed by atoms with Crippen LogP contribution in [0.2, 0.25) is 0 Å². The second-order valence-electron chi connectivity index (χ2n) is 10.5. The van der Waals surface area contributed by atoms with Gasteiger partial charge in [0.15, 0.2) is 0 Å². The molecule has 12 heteroatoms. The highest BCUT2D eigenvalue weighted by Gasteiger charge is 2.25. The number of hydrogen-bond donors (Lipinski definition) is 2. The van der Waals surface area contributed by atoms with Crippen molar-refractivity contribution in [2.45, 2.75) is 38.5 Å². The lowest BCUT2D eigenvalue weighted by Gasteiger charge is -2.28. The van der Waals surface area contributed by atoms with Crippen LogP contribution in [0.4, 0.5) is 34.1 Å². The second-order valence-corrected chi connectivity index (χ2v) is 10.5. The highest BCUT2D eigenvalue weighted by Crippen LogP contribution is 2.33. The average molecular weight is 573 g/mol. The molecule has 0 aliphatic carbocycles. The van der Waals surface area contributed by atoms with E-state index in [2.05, 4.69) is 15.5 Å². The van der Waals surface area contributed by atoms with E-state index in [1.807, 2.05) is 4.90 Å². The summed E-state index contributed by atoms with van der Waals surface area (Å²) in [6.45, 7) is 3.05. The second kappa shape index (κ2) is 12.7. The number of anilines is 4. The number of nitrogens with one attached hydrogen (secondary N) is 2. The van der Waals surface area contributed by atoms with Crippen molar-refractivity contribution in [1.29, 1.82) is 0 Å². The van der Waals surface area contributed by atoms with Crippen LogP contribution in [0.1, 0.15) is 59.2 Å². The molecule has 42 heavy (non-hydrogen) atoms. The number of hydrogen-bond acceptors (Lipinski definition) is 8. The van der Waals surface area contributed by atoms with E-state index >= 15 is 0 Å². The molecule has 2 amide bonds. The number of benzene rings is 3. The number of para-hydroxylation sites is 2. The molecule has 3 aromatic carbocycles. The lowest BCUT2D eigenvalue weighted by atomic mass is 10.1. The summed E-state index contributed by atoms with van der Waals surface area (Å²) >= 11 is 0. The van der Waals surface area contributed by atoms with E-state index in [4.69, 9.17) is 0 Å². The number of nitrogens with zero attached hydrogens (tertiary/aromatic N) is 4. The van der Waals surface area contributed by atoms with Crippen LogP contribution < -0.4 is 20.4 Å². The van der Waals surface area contributed by atoms with Crippen LogP contribution in [-0.4, -0.2) is 47.8 Å². The predicted octanol–water partition coefficient (Wildman–Crippen LogP) is 5.99. The van der Waals surface area contributed by atoms with E-state index < -0.39 is 21.7 Å². The molecule has 0 unspecified atom stereocenters. The fourth-order valence-electron chi connectivity index (χ4n) is 5.51. The van der Waals surface area contributed by atoms with Gasteiger partial charge in [0, 0.05) is 49.6 Å². The smallest absolute Gasteiger partial charge is 0.293 e. The number of nitro groups is 2. The quantitative estimate of drug-likeness (QED) is 0.247. The van der Waals surface area contributed by atoms with Crippen molar-refractivity contribution in [2.24, 2.45) is 0 Å². The first-order valence-electron chi connectivity index (χ1n) is 14.1. The third-order valence-electron chi connectivity index (χ3n) is 7.70. The Morgan fingerprint density at radius 3 is 1.81 bits per heavy atom. The molecule has 2 aliphatic heterocycles.